The summed E-state index contributed by atoms with van der Waals surface area (Å²) in [5.41, 5.74) is 1.74. The lowest BCUT2D eigenvalue weighted by Gasteiger charge is -2.25. The van der Waals surface area contributed by atoms with Gasteiger partial charge < -0.3 is 14.7 Å². The lowest BCUT2D eigenvalue weighted by molar-refractivity contribution is 0.0692. The van der Waals surface area contributed by atoms with Crippen LogP contribution in [0.4, 0.5) is 0 Å². The Labute approximate surface area is 140 Å². The van der Waals surface area contributed by atoms with Crippen LogP contribution in [-0.4, -0.2) is 35.5 Å². The molecule has 1 N–H and O–H groups in total. The summed E-state index contributed by atoms with van der Waals surface area (Å²) in [4.78, 5) is 25.6. The maximum atomic E-state index is 12.8. The Morgan fingerprint density at radius 3 is 2.50 bits per heavy atom. The number of hydrogen-bond donors (Lipinski definition) is 1. The predicted molar refractivity (Wildman–Crippen MR) is 89.4 cm³/mol. The van der Waals surface area contributed by atoms with Gasteiger partial charge in [-0.3, -0.25) is 4.79 Å². The average molecular weight is 325 g/mol. The smallest absolute Gasteiger partial charge is 0.335 e. The quantitative estimate of drug-likeness (QED) is 0.936. The Balaban J connectivity index is 1.84. The van der Waals surface area contributed by atoms with Gasteiger partial charge in [0.1, 0.15) is 5.75 Å². The van der Waals surface area contributed by atoms with Crippen molar-refractivity contribution in [3.8, 4) is 5.75 Å². The molecular formula is C19H19NO4. The van der Waals surface area contributed by atoms with Gasteiger partial charge in [-0.1, -0.05) is 12.1 Å². The molecule has 0 aliphatic carbocycles. The largest absolute Gasteiger partial charge is 0.497 e. The molecule has 5 nitrogen and oxygen atoms in total. The van der Waals surface area contributed by atoms with Gasteiger partial charge >= 0.3 is 5.97 Å². The number of hydrogen-bond acceptors (Lipinski definition) is 3. The number of carboxylic acid groups (broad SMARTS) is 1. The number of methoxy groups -OCH3 is 1. The van der Waals surface area contributed by atoms with E-state index in [1.165, 1.54) is 12.1 Å². The van der Waals surface area contributed by atoms with Gasteiger partial charge in [-0.15, -0.1) is 0 Å². The second-order valence-corrected chi connectivity index (χ2v) is 5.82. The highest BCUT2D eigenvalue weighted by atomic mass is 16.5. The van der Waals surface area contributed by atoms with E-state index in [0.717, 1.165) is 24.2 Å². The first-order valence-corrected chi connectivity index (χ1v) is 7.88. The summed E-state index contributed by atoms with van der Waals surface area (Å²) in [5.74, 6) is -0.292. The van der Waals surface area contributed by atoms with Crippen LogP contribution in [0.2, 0.25) is 0 Å². The number of rotatable bonds is 4. The molecule has 2 aromatic carbocycles. The Hall–Kier alpha value is -2.82. The van der Waals surface area contributed by atoms with Crippen molar-refractivity contribution in [3.63, 3.8) is 0 Å². The molecule has 1 fully saturated rings. The number of benzene rings is 2. The van der Waals surface area contributed by atoms with Gasteiger partial charge in [-0.2, -0.15) is 0 Å². The lowest BCUT2D eigenvalue weighted by Crippen LogP contribution is -2.30. The van der Waals surface area contributed by atoms with Crippen molar-refractivity contribution in [2.24, 2.45) is 0 Å². The Morgan fingerprint density at radius 1 is 1.12 bits per heavy atom. The van der Waals surface area contributed by atoms with Crippen LogP contribution in [0.1, 0.15) is 45.2 Å². The number of nitrogens with zero attached hydrogens (tertiary/aromatic N) is 1. The molecule has 1 aliphatic rings. The van der Waals surface area contributed by atoms with Gasteiger partial charge in [0.2, 0.25) is 0 Å². The van der Waals surface area contributed by atoms with Crippen molar-refractivity contribution in [1.82, 2.24) is 4.90 Å². The van der Waals surface area contributed by atoms with Crippen LogP contribution in [0.3, 0.4) is 0 Å². The number of carbonyl (C=O) groups excluding carboxylic acids is 1. The normalized spacial score (nSPS) is 16.9. The summed E-state index contributed by atoms with van der Waals surface area (Å²) < 4.78 is 5.27. The Kier molecular flexibility index (Phi) is 4.51. The molecule has 0 saturated carbocycles. The van der Waals surface area contributed by atoms with Crippen LogP contribution in [0, 0.1) is 0 Å². The van der Waals surface area contributed by atoms with E-state index in [4.69, 9.17) is 9.84 Å². The van der Waals surface area contributed by atoms with Gasteiger partial charge in [0.25, 0.3) is 5.91 Å². The zero-order valence-corrected chi connectivity index (χ0v) is 13.4. The van der Waals surface area contributed by atoms with Crippen molar-refractivity contribution in [2.45, 2.75) is 18.9 Å². The van der Waals surface area contributed by atoms with Gasteiger partial charge in [0.05, 0.1) is 18.7 Å². The van der Waals surface area contributed by atoms with Gasteiger partial charge in [0.15, 0.2) is 0 Å². The molecule has 1 atom stereocenters. The molecule has 1 amide bonds. The molecule has 0 aromatic heterocycles. The second-order valence-electron chi connectivity index (χ2n) is 5.82. The number of amides is 1. The minimum atomic E-state index is -0.996. The van der Waals surface area contributed by atoms with E-state index in [1.807, 2.05) is 29.2 Å². The number of ether oxygens (including phenoxy) is 1. The molecule has 124 valence electrons. The third-order valence-corrected chi connectivity index (χ3v) is 4.37. The molecule has 2 aromatic rings. The first kappa shape index (κ1) is 16.1. The minimum absolute atomic E-state index is 0.0201. The molecule has 5 heteroatoms. The fraction of sp³-hybridized carbons (Fsp3) is 0.263. The third-order valence-electron chi connectivity index (χ3n) is 4.37. The van der Waals surface area contributed by atoms with Crippen molar-refractivity contribution < 1.29 is 19.4 Å². The van der Waals surface area contributed by atoms with Crippen LogP contribution < -0.4 is 4.74 Å². The molecule has 0 spiro atoms. The van der Waals surface area contributed by atoms with E-state index in [9.17, 15) is 9.59 Å². The summed E-state index contributed by atoms with van der Waals surface area (Å²) >= 11 is 0. The van der Waals surface area contributed by atoms with E-state index < -0.39 is 5.97 Å². The fourth-order valence-electron chi connectivity index (χ4n) is 3.13. The highest BCUT2D eigenvalue weighted by Gasteiger charge is 2.30. The zero-order chi connectivity index (χ0) is 17.1. The van der Waals surface area contributed by atoms with Crippen LogP contribution in [0.15, 0.2) is 48.5 Å². The highest BCUT2D eigenvalue weighted by Crippen LogP contribution is 2.34. The summed E-state index contributed by atoms with van der Waals surface area (Å²) in [7, 11) is 1.63. The molecule has 1 heterocycles. The predicted octanol–water partition coefficient (Wildman–Crippen LogP) is 3.37. The van der Waals surface area contributed by atoms with Crippen molar-refractivity contribution >= 4 is 11.9 Å². The molecule has 1 aliphatic heterocycles. The second kappa shape index (κ2) is 6.74. The van der Waals surface area contributed by atoms with Crippen LogP contribution >= 0.6 is 0 Å². The highest BCUT2D eigenvalue weighted by molar-refractivity contribution is 5.96. The minimum Gasteiger partial charge on any atom is -0.497 e. The molecule has 24 heavy (non-hydrogen) atoms. The topological polar surface area (TPSA) is 66.8 Å². The Morgan fingerprint density at radius 2 is 1.83 bits per heavy atom. The maximum Gasteiger partial charge on any atom is 0.335 e. The summed E-state index contributed by atoms with van der Waals surface area (Å²) in [6, 6.07) is 13.9. The van der Waals surface area contributed by atoms with E-state index in [1.54, 1.807) is 19.2 Å². The molecule has 1 saturated heterocycles. The standard InChI is InChI=1S/C19H19NO4/c1-24-16-5-2-4-15(12-16)17-6-3-11-20(17)18(21)13-7-9-14(10-8-13)19(22)23/h2,4-5,7-10,12,17H,3,6,11H2,1H3,(H,22,23). The van der Waals surface area contributed by atoms with Crippen molar-refractivity contribution in [3.05, 3.63) is 65.2 Å². The van der Waals surface area contributed by atoms with Gasteiger partial charge in [-0.05, 0) is 54.8 Å². The summed E-state index contributed by atoms with van der Waals surface area (Å²) in [6.45, 7) is 0.696. The monoisotopic (exact) mass is 325 g/mol. The molecule has 1 unspecified atom stereocenters. The maximum absolute atomic E-state index is 12.8. The van der Waals surface area contributed by atoms with Gasteiger partial charge in [-0.25, -0.2) is 4.79 Å². The SMILES string of the molecule is COc1cccc(C2CCCN2C(=O)c2ccc(C(=O)O)cc2)c1. The van der Waals surface area contributed by atoms with E-state index in [2.05, 4.69) is 0 Å². The molecule has 0 radical (unpaired) electrons. The van der Waals surface area contributed by atoms with Crippen LogP contribution in [-0.2, 0) is 0 Å². The molecule has 3 rings (SSSR count). The van der Waals surface area contributed by atoms with E-state index >= 15 is 0 Å². The number of carbonyl (C=O) groups is 2. The number of carboxylic acids is 1. The number of likely N-dealkylation sites (tertiary alicyclic amines) is 1. The summed E-state index contributed by atoms with van der Waals surface area (Å²) in [5, 5.41) is 8.96. The van der Waals surface area contributed by atoms with E-state index in [-0.39, 0.29) is 17.5 Å². The lowest BCUT2D eigenvalue weighted by atomic mass is 10.0. The fourth-order valence-corrected chi connectivity index (χ4v) is 3.13. The third kappa shape index (κ3) is 3.11. The van der Waals surface area contributed by atoms with Gasteiger partial charge in [0, 0.05) is 12.1 Å². The first-order valence-electron chi connectivity index (χ1n) is 7.88. The zero-order valence-electron chi connectivity index (χ0n) is 13.4. The van der Waals surface area contributed by atoms with Crippen LogP contribution in [0.5, 0.6) is 5.75 Å². The molecule has 0 bridgehead atoms. The number of aromatic carboxylic acids is 1. The Bertz CT molecular complexity index is 754. The first-order chi connectivity index (χ1) is 11.6. The van der Waals surface area contributed by atoms with Crippen molar-refractivity contribution in [2.75, 3.05) is 13.7 Å². The van der Waals surface area contributed by atoms with Crippen molar-refractivity contribution in [1.29, 1.82) is 0 Å². The molecular weight excluding hydrogens is 306 g/mol. The van der Waals surface area contributed by atoms with Crippen LogP contribution in [0.25, 0.3) is 0 Å². The average Bonchev–Trinajstić information content (AvgIpc) is 3.11. The van der Waals surface area contributed by atoms with E-state index in [0.29, 0.717) is 12.1 Å². The summed E-state index contributed by atoms with van der Waals surface area (Å²) in [6.07, 6.45) is 1.85.